The minimum atomic E-state index is -0.435. The second-order valence-corrected chi connectivity index (χ2v) is 5.43. The fourth-order valence-corrected chi connectivity index (χ4v) is 2.53. The van der Waals surface area contributed by atoms with Crippen LogP contribution in [0.1, 0.15) is 10.4 Å². The largest absolute Gasteiger partial charge is 0.465 e. The Kier molecular flexibility index (Phi) is 5.03. The van der Waals surface area contributed by atoms with Crippen molar-refractivity contribution in [1.82, 2.24) is 20.1 Å². The Labute approximate surface area is 144 Å². The van der Waals surface area contributed by atoms with Gasteiger partial charge in [0.15, 0.2) is 5.82 Å². The monoisotopic (exact) mass is 342 g/mol. The maximum atomic E-state index is 11.8. The van der Waals surface area contributed by atoms with E-state index < -0.39 is 5.97 Å². The number of benzene rings is 1. The molecule has 1 amide bonds. The SMILES string of the molecule is COC(=O)c1ccccc1Nc1cnnc(N2CCN(C=O)CC2)n1. The number of hydrogen-bond acceptors (Lipinski definition) is 8. The molecule has 0 saturated carbocycles. The van der Waals surface area contributed by atoms with Gasteiger partial charge in [0.05, 0.1) is 24.6 Å². The molecule has 2 aromatic rings. The number of carbonyl (C=O) groups is 2. The summed E-state index contributed by atoms with van der Waals surface area (Å²) in [6, 6.07) is 7.00. The molecule has 25 heavy (non-hydrogen) atoms. The minimum absolute atomic E-state index is 0.407. The molecular weight excluding hydrogens is 324 g/mol. The third-order valence-corrected chi connectivity index (χ3v) is 3.89. The first-order valence-electron chi connectivity index (χ1n) is 7.79. The van der Waals surface area contributed by atoms with E-state index in [2.05, 4.69) is 20.5 Å². The molecule has 1 aliphatic rings. The van der Waals surface area contributed by atoms with Gasteiger partial charge in [-0.05, 0) is 12.1 Å². The van der Waals surface area contributed by atoms with Crippen molar-refractivity contribution in [2.24, 2.45) is 0 Å². The average Bonchev–Trinajstić information content (AvgIpc) is 2.68. The zero-order chi connectivity index (χ0) is 17.6. The van der Waals surface area contributed by atoms with E-state index in [0.717, 1.165) is 6.41 Å². The Hall–Kier alpha value is -3.23. The zero-order valence-electron chi connectivity index (χ0n) is 13.8. The molecule has 2 heterocycles. The summed E-state index contributed by atoms with van der Waals surface area (Å²) in [6.07, 6.45) is 2.33. The third-order valence-electron chi connectivity index (χ3n) is 3.89. The van der Waals surface area contributed by atoms with Crippen LogP contribution in [0.25, 0.3) is 0 Å². The molecule has 9 heteroatoms. The van der Waals surface area contributed by atoms with Gasteiger partial charge in [0.25, 0.3) is 0 Å². The van der Waals surface area contributed by atoms with E-state index in [9.17, 15) is 9.59 Å². The topological polar surface area (TPSA) is 101 Å². The molecule has 1 aromatic heterocycles. The number of rotatable bonds is 5. The standard InChI is InChI=1S/C16H18N6O3/c1-25-15(24)12-4-2-3-5-13(12)18-14-10-17-20-16(19-14)22-8-6-21(11-23)7-9-22/h2-5,10-11H,6-9H2,1H3,(H,18,19,20). The van der Waals surface area contributed by atoms with Crippen LogP contribution in [-0.4, -0.2) is 65.7 Å². The summed E-state index contributed by atoms with van der Waals surface area (Å²) < 4.78 is 4.79. The number of hydrogen-bond donors (Lipinski definition) is 1. The summed E-state index contributed by atoms with van der Waals surface area (Å²) in [5.41, 5.74) is 0.983. The van der Waals surface area contributed by atoms with Gasteiger partial charge in [-0.25, -0.2) is 4.79 Å². The number of ether oxygens (including phenoxy) is 1. The highest BCUT2D eigenvalue weighted by molar-refractivity contribution is 5.96. The predicted octanol–water partition coefficient (Wildman–Crippen LogP) is 0.680. The fourth-order valence-electron chi connectivity index (χ4n) is 2.53. The predicted molar refractivity (Wildman–Crippen MR) is 90.7 cm³/mol. The van der Waals surface area contributed by atoms with Crippen LogP contribution in [-0.2, 0) is 9.53 Å². The molecule has 0 atom stereocenters. The summed E-state index contributed by atoms with van der Waals surface area (Å²) in [6.45, 7) is 2.52. The van der Waals surface area contributed by atoms with Gasteiger partial charge < -0.3 is 19.9 Å². The Morgan fingerprint density at radius 3 is 2.72 bits per heavy atom. The number of anilines is 3. The summed E-state index contributed by atoms with van der Waals surface area (Å²) in [7, 11) is 1.34. The van der Waals surface area contributed by atoms with Crippen molar-refractivity contribution >= 4 is 29.8 Å². The van der Waals surface area contributed by atoms with Gasteiger partial charge in [-0.2, -0.15) is 10.1 Å². The Balaban J connectivity index is 1.77. The first-order chi connectivity index (χ1) is 12.2. The molecule has 0 radical (unpaired) electrons. The van der Waals surface area contributed by atoms with Gasteiger partial charge in [-0.1, -0.05) is 12.1 Å². The smallest absolute Gasteiger partial charge is 0.339 e. The van der Waals surface area contributed by atoms with Crippen LogP contribution in [0.15, 0.2) is 30.5 Å². The van der Waals surface area contributed by atoms with Crippen LogP contribution < -0.4 is 10.2 Å². The molecule has 9 nitrogen and oxygen atoms in total. The van der Waals surface area contributed by atoms with Gasteiger partial charge in [0, 0.05) is 26.2 Å². The molecular formula is C16H18N6O3. The Bertz CT molecular complexity index is 761. The fraction of sp³-hybridized carbons (Fsp3) is 0.312. The second-order valence-electron chi connectivity index (χ2n) is 5.43. The molecule has 1 fully saturated rings. The average molecular weight is 342 g/mol. The lowest BCUT2D eigenvalue weighted by Crippen LogP contribution is -2.46. The molecule has 0 unspecified atom stereocenters. The van der Waals surface area contributed by atoms with Crippen molar-refractivity contribution in [2.75, 3.05) is 43.5 Å². The molecule has 0 bridgehead atoms. The highest BCUT2D eigenvalue weighted by atomic mass is 16.5. The lowest BCUT2D eigenvalue weighted by molar-refractivity contribution is -0.118. The molecule has 1 saturated heterocycles. The van der Waals surface area contributed by atoms with E-state index in [1.807, 2.05) is 11.0 Å². The maximum Gasteiger partial charge on any atom is 0.339 e. The molecule has 0 spiro atoms. The lowest BCUT2D eigenvalue weighted by Gasteiger charge is -2.32. The van der Waals surface area contributed by atoms with Crippen molar-refractivity contribution in [1.29, 1.82) is 0 Å². The highest BCUT2D eigenvalue weighted by Gasteiger charge is 2.19. The highest BCUT2D eigenvalue weighted by Crippen LogP contribution is 2.21. The van der Waals surface area contributed by atoms with Crippen LogP contribution >= 0.6 is 0 Å². The van der Waals surface area contributed by atoms with Crippen molar-refractivity contribution in [3.63, 3.8) is 0 Å². The number of para-hydroxylation sites is 1. The summed E-state index contributed by atoms with van der Waals surface area (Å²) in [5, 5.41) is 11.1. The second kappa shape index (κ2) is 7.56. The van der Waals surface area contributed by atoms with Crippen molar-refractivity contribution in [3.05, 3.63) is 36.0 Å². The van der Waals surface area contributed by atoms with Crippen molar-refractivity contribution in [2.45, 2.75) is 0 Å². The Morgan fingerprint density at radius 2 is 2.00 bits per heavy atom. The molecule has 0 aliphatic carbocycles. The van der Waals surface area contributed by atoms with E-state index in [0.29, 0.717) is 49.2 Å². The quantitative estimate of drug-likeness (QED) is 0.625. The Morgan fingerprint density at radius 1 is 1.24 bits per heavy atom. The number of nitrogens with one attached hydrogen (secondary N) is 1. The van der Waals surface area contributed by atoms with Gasteiger partial charge in [-0.3, -0.25) is 4.79 Å². The molecule has 1 aliphatic heterocycles. The molecule has 1 aromatic carbocycles. The number of aromatic nitrogens is 3. The third kappa shape index (κ3) is 3.82. The molecule has 3 rings (SSSR count). The van der Waals surface area contributed by atoms with Crippen LogP contribution in [0, 0.1) is 0 Å². The van der Waals surface area contributed by atoms with Gasteiger partial charge in [0.2, 0.25) is 12.4 Å². The molecule has 1 N–H and O–H groups in total. The van der Waals surface area contributed by atoms with Crippen LogP contribution in [0.2, 0.25) is 0 Å². The number of piperazine rings is 1. The number of esters is 1. The van der Waals surface area contributed by atoms with Crippen LogP contribution in [0.4, 0.5) is 17.5 Å². The molecule has 130 valence electrons. The van der Waals surface area contributed by atoms with Crippen molar-refractivity contribution < 1.29 is 14.3 Å². The summed E-state index contributed by atoms with van der Waals surface area (Å²) in [5.74, 6) is 0.514. The van der Waals surface area contributed by atoms with Gasteiger partial charge >= 0.3 is 5.97 Å². The summed E-state index contributed by atoms with van der Waals surface area (Å²) >= 11 is 0. The van der Waals surface area contributed by atoms with Gasteiger partial charge in [0.1, 0.15) is 0 Å². The minimum Gasteiger partial charge on any atom is -0.465 e. The maximum absolute atomic E-state index is 11.8. The first kappa shape index (κ1) is 16.6. The van der Waals surface area contributed by atoms with E-state index in [-0.39, 0.29) is 0 Å². The van der Waals surface area contributed by atoms with E-state index in [1.54, 1.807) is 23.1 Å². The van der Waals surface area contributed by atoms with E-state index >= 15 is 0 Å². The van der Waals surface area contributed by atoms with Crippen LogP contribution in [0.5, 0.6) is 0 Å². The normalized spacial score (nSPS) is 14.1. The number of methoxy groups -OCH3 is 1. The number of amides is 1. The summed E-state index contributed by atoms with van der Waals surface area (Å²) in [4.78, 5) is 30.8. The number of carbonyl (C=O) groups excluding carboxylic acids is 2. The van der Waals surface area contributed by atoms with Gasteiger partial charge in [-0.15, -0.1) is 5.10 Å². The van der Waals surface area contributed by atoms with Crippen LogP contribution in [0.3, 0.4) is 0 Å². The van der Waals surface area contributed by atoms with E-state index in [4.69, 9.17) is 4.74 Å². The lowest BCUT2D eigenvalue weighted by atomic mass is 10.2. The zero-order valence-corrected chi connectivity index (χ0v) is 13.8. The van der Waals surface area contributed by atoms with Crippen molar-refractivity contribution in [3.8, 4) is 0 Å². The first-order valence-corrected chi connectivity index (χ1v) is 7.79. The van der Waals surface area contributed by atoms with E-state index in [1.165, 1.54) is 13.3 Å². The number of nitrogens with zero attached hydrogens (tertiary/aromatic N) is 5.